The van der Waals surface area contributed by atoms with Crippen molar-refractivity contribution in [2.24, 2.45) is 4.99 Å². The summed E-state index contributed by atoms with van der Waals surface area (Å²) >= 11 is 0. The van der Waals surface area contributed by atoms with Gasteiger partial charge in [-0.25, -0.2) is 9.67 Å². The van der Waals surface area contributed by atoms with Crippen LogP contribution in [-0.2, 0) is 29.7 Å². The monoisotopic (exact) mass is 566 g/mol. The molecule has 0 radical (unpaired) electrons. The number of aryl methyl sites for hydroxylation is 2. The highest BCUT2D eigenvalue weighted by Crippen LogP contribution is 2.41. The van der Waals surface area contributed by atoms with Gasteiger partial charge in [0.25, 0.3) is 0 Å². The third kappa shape index (κ3) is 6.26. The quantitative estimate of drug-likeness (QED) is 0.300. The van der Waals surface area contributed by atoms with E-state index in [0.717, 1.165) is 50.1 Å². The van der Waals surface area contributed by atoms with Crippen LogP contribution in [0.1, 0.15) is 68.2 Å². The molecule has 0 spiro atoms. The molecule has 1 aromatic carbocycles. The van der Waals surface area contributed by atoms with Gasteiger partial charge in [-0.3, -0.25) is 4.99 Å². The molecule has 1 atom stereocenters. The van der Waals surface area contributed by atoms with Gasteiger partial charge in [0, 0.05) is 31.5 Å². The zero-order valence-electron chi connectivity index (χ0n) is 20.3. The minimum Gasteiger partial charge on any atom is -0.377 e. The molecule has 1 aliphatic carbocycles. The lowest BCUT2D eigenvalue weighted by molar-refractivity contribution is 0.177. The zero-order chi connectivity index (χ0) is 22.4. The molecular formula is C25H39IN6O. The molecule has 8 heteroatoms. The topological polar surface area (TPSA) is 76.4 Å². The fourth-order valence-corrected chi connectivity index (χ4v) is 5.32. The highest BCUT2D eigenvalue weighted by Gasteiger charge is 2.35. The van der Waals surface area contributed by atoms with E-state index in [2.05, 4.69) is 58.8 Å². The Morgan fingerprint density at radius 1 is 1.24 bits per heavy atom. The number of aliphatic imine (C=N–C) groups is 1. The van der Waals surface area contributed by atoms with Gasteiger partial charge in [-0.2, -0.15) is 5.10 Å². The number of nitrogens with zero attached hydrogens (tertiary/aromatic N) is 4. The average Bonchev–Trinajstić information content (AvgIpc) is 3.20. The molecule has 1 fully saturated rings. The van der Waals surface area contributed by atoms with Gasteiger partial charge in [0.05, 0.1) is 13.1 Å². The van der Waals surface area contributed by atoms with Gasteiger partial charge < -0.3 is 15.4 Å². The van der Waals surface area contributed by atoms with Crippen LogP contribution in [0, 0.1) is 6.92 Å². The van der Waals surface area contributed by atoms with E-state index in [4.69, 9.17) is 9.73 Å². The minimum absolute atomic E-state index is 0. The van der Waals surface area contributed by atoms with Crippen molar-refractivity contribution in [1.29, 1.82) is 0 Å². The summed E-state index contributed by atoms with van der Waals surface area (Å²) in [5.74, 6) is 2.73. The predicted molar refractivity (Wildman–Crippen MR) is 143 cm³/mol. The summed E-state index contributed by atoms with van der Waals surface area (Å²) in [6.45, 7) is 7.31. The van der Waals surface area contributed by atoms with Gasteiger partial charge in [0.2, 0.25) is 0 Å². The van der Waals surface area contributed by atoms with E-state index >= 15 is 0 Å². The maximum absolute atomic E-state index is 5.19. The molecule has 2 aliphatic rings. The van der Waals surface area contributed by atoms with E-state index in [1.807, 2.05) is 4.68 Å². The lowest BCUT2D eigenvalue weighted by Crippen LogP contribution is -2.47. The number of hydrogen-bond acceptors (Lipinski definition) is 4. The van der Waals surface area contributed by atoms with Crippen LogP contribution in [0.5, 0.6) is 0 Å². The summed E-state index contributed by atoms with van der Waals surface area (Å²) < 4.78 is 7.21. The zero-order valence-corrected chi connectivity index (χ0v) is 22.6. The molecule has 0 amide bonds. The first kappa shape index (κ1) is 25.9. The van der Waals surface area contributed by atoms with Crippen LogP contribution in [0.3, 0.4) is 0 Å². The lowest BCUT2D eigenvalue weighted by atomic mass is 9.68. The number of ether oxygens (including phenoxy) is 1. The van der Waals surface area contributed by atoms with Gasteiger partial charge in [0.15, 0.2) is 11.8 Å². The Morgan fingerprint density at radius 2 is 2.03 bits per heavy atom. The van der Waals surface area contributed by atoms with E-state index in [-0.39, 0.29) is 35.4 Å². The number of hydrogen-bond donors (Lipinski definition) is 2. The fourth-order valence-electron chi connectivity index (χ4n) is 5.32. The molecular weight excluding hydrogens is 527 g/mol. The first-order valence-electron chi connectivity index (χ1n) is 12.2. The standard InChI is InChI=1S/C25H38N6O.HI/c1-4-26-24(28-20-12-13-23-29-22(17-32-3)30-31(23)16-20)27-18-25(14-8-5-9-15-25)21-11-7-6-10-19(21)2;/h6-7,10-11,20H,4-5,8-9,12-18H2,1-3H3,(H2,26,27,28);1H. The van der Waals surface area contributed by atoms with E-state index < -0.39 is 0 Å². The molecule has 33 heavy (non-hydrogen) atoms. The van der Waals surface area contributed by atoms with E-state index in [0.29, 0.717) is 6.61 Å². The molecule has 7 nitrogen and oxygen atoms in total. The lowest BCUT2D eigenvalue weighted by Gasteiger charge is -2.38. The summed E-state index contributed by atoms with van der Waals surface area (Å²) in [6.07, 6.45) is 8.29. The summed E-state index contributed by atoms with van der Waals surface area (Å²) in [7, 11) is 1.68. The molecule has 0 saturated heterocycles. The van der Waals surface area contributed by atoms with Crippen LogP contribution in [0.15, 0.2) is 29.3 Å². The van der Waals surface area contributed by atoms with Crippen LogP contribution in [0.4, 0.5) is 0 Å². The fraction of sp³-hybridized carbons (Fsp3) is 0.640. The second-order valence-electron chi connectivity index (χ2n) is 9.29. The predicted octanol–water partition coefficient (Wildman–Crippen LogP) is 4.12. The number of halogens is 1. The number of fused-ring (bicyclic) bond motifs is 1. The summed E-state index contributed by atoms with van der Waals surface area (Å²) in [5, 5.41) is 11.8. The number of guanidine groups is 1. The molecule has 1 unspecified atom stereocenters. The van der Waals surface area contributed by atoms with Crippen molar-refractivity contribution >= 4 is 29.9 Å². The number of rotatable bonds is 7. The highest BCUT2D eigenvalue weighted by molar-refractivity contribution is 14.0. The Kier molecular flexibility index (Phi) is 9.55. The van der Waals surface area contributed by atoms with Crippen LogP contribution in [0.2, 0.25) is 0 Å². The van der Waals surface area contributed by atoms with Crippen LogP contribution in [-0.4, -0.2) is 47.0 Å². The number of methoxy groups -OCH3 is 1. The average molecular weight is 567 g/mol. The third-order valence-corrected chi connectivity index (χ3v) is 6.93. The first-order chi connectivity index (χ1) is 15.6. The SMILES string of the molecule is CCNC(=NCC1(c2ccccc2C)CCCCC1)NC1CCc2nc(COC)nn2C1.I. The highest BCUT2D eigenvalue weighted by atomic mass is 127. The number of nitrogens with one attached hydrogen (secondary N) is 2. The Bertz CT molecular complexity index is 921. The van der Waals surface area contributed by atoms with Crippen molar-refractivity contribution in [3.63, 3.8) is 0 Å². The van der Waals surface area contributed by atoms with E-state index in [1.165, 1.54) is 43.2 Å². The molecule has 182 valence electrons. The van der Waals surface area contributed by atoms with Crippen molar-refractivity contribution < 1.29 is 4.74 Å². The van der Waals surface area contributed by atoms with Crippen LogP contribution < -0.4 is 10.6 Å². The second-order valence-corrected chi connectivity index (χ2v) is 9.29. The maximum atomic E-state index is 5.19. The maximum Gasteiger partial charge on any atom is 0.191 e. The van der Waals surface area contributed by atoms with E-state index in [1.54, 1.807) is 7.11 Å². The van der Waals surface area contributed by atoms with Crippen LogP contribution in [0.25, 0.3) is 0 Å². The normalized spacial score (nSPS) is 20.0. The van der Waals surface area contributed by atoms with Gasteiger partial charge in [-0.05, 0) is 44.2 Å². The third-order valence-electron chi connectivity index (χ3n) is 6.93. The molecule has 2 heterocycles. The molecule has 1 saturated carbocycles. The van der Waals surface area contributed by atoms with Crippen LogP contribution >= 0.6 is 24.0 Å². The Labute approximate surface area is 215 Å². The number of benzene rings is 1. The van der Waals surface area contributed by atoms with Gasteiger partial charge in [0.1, 0.15) is 12.4 Å². The molecule has 1 aliphatic heterocycles. The van der Waals surface area contributed by atoms with Crippen molar-refractivity contribution in [3.8, 4) is 0 Å². The van der Waals surface area contributed by atoms with Crippen molar-refractivity contribution in [2.75, 3.05) is 20.2 Å². The molecule has 2 aromatic rings. The van der Waals surface area contributed by atoms with Gasteiger partial charge >= 0.3 is 0 Å². The van der Waals surface area contributed by atoms with E-state index in [9.17, 15) is 0 Å². The van der Waals surface area contributed by atoms with Gasteiger partial charge in [-0.1, -0.05) is 43.5 Å². The summed E-state index contributed by atoms with van der Waals surface area (Å²) in [4.78, 5) is 9.73. The smallest absolute Gasteiger partial charge is 0.191 e. The van der Waals surface area contributed by atoms with Crippen molar-refractivity contribution in [3.05, 3.63) is 47.0 Å². The number of aromatic nitrogens is 3. The first-order valence-corrected chi connectivity index (χ1v) is 12.2. The minimum atomic E-state index is 0. The largest absolute Gasteiger partial charge is 0.377 e. The molecule has 2 N–H and O–H groups in total. The van der Waals surface area contributed by atoms with Crippen molar-refractivity contribution in [1.82, 2.24) is 25.4 Å². The summed E-state index contributed by atoms with van der Waals surface area (Å²) in [6, 6.07) is 9.18. The Balaban J connectivity index is 0.00000306. The van der Waals surface area contributed by atoms with Crippen molar-refractivity contribution in [2.45, 2.75) is 83.4 Å². The molecule has 0 bridgehead atoms. The molecule has 1 aromatic heterocycles. The summed E-state index contributed by atoms with van der Waals surface area (Å²) in [5.41, 5.74) is 3.02. The Morgan fingerprint density at radius 3 is 2.76 bits per heavy atom. The van der Waals surface area contributed by atoms with Gasteiger partial charge in [-0.15, -0.1) is 24.0 Å². The molecule has 4 rings (SSSR count). The second kappa shape index (κ2) is 12.1. The Hall–Kier alpha value is -1.68.